The summed E-state index contributed by atoms with van der Waals surface area (Å²) in [5, 5.41) is 15.8. The van der Waals surface area contributed by atoms with Crippen molar-refractivity contribution in [1.29, 1.82) is 0 Å². The Labute approximate surface area is 141 Å². The summed E-state index contributed by atoms with van der Waals surface area (Å²) in [5.74, 6) is -0.994. The molecule has 2 N–H and O–H groups in total. The minimum Gasteiger partial charge on any atom is -0.481 e. The van der Waals surface area contributed by atoms with Crippen LogP contribution in [0.4, 0.5) is 0 Å². The molecule has 6 heteroatoms. The third-order valence-electron chi connectivity index (χ3n) is 3.95. The highest BCUT2D eigenvalue weighted by Gasteiger charge is 2.15. The van der Waals surface area contributed by atoms with E-state index in [1.54, 1.807) is 10.9 Å². The summed E-state index contributed by atoms with van der Waals surface area (Å²) in [6.45, 7) is 6.36. The Morgan fingerprint density at radius 3 is 2.67 bits per heavy atom. The molecule has 0 saturated heterocycles. The number of carbonyl (C=O) groups is 2. The van der Waals surface area contributed by atoms with Crippen molar-refractivity contribution in [3.05, 3.63) is 46.8 Å². The van der Waals surface area contributed by atoms with Crippen molar-refractivity contribution in [1.82, 2.24) is 15.1 Å². The van der Waals surface area contributed by atoms with Crippen molar-refractivity contribution in [2.24, 2.45) is 0 Å². The average molecular weight is 329 g/mol. The molecule has 2 rings (SSSR count). The predicted octanol–water partition coefficient (Wildman–Crippen LogP) is 2.78. The van der Waals surface area contributed by atoms with Gasteiger partial charge in [0.2, 0.25) is 0 Å². The van der Waals surface area contributed by atoms with Gasteiger partial charge in [0.15, 0.2) is 0 Å². The maximum atomic E-state index is 12.3. The fourth-order valence-corrected chi connectivity index (χ4v) is 2.52. The zero-order valence-corrected chi connectivity index (χ0v) is 14.3. The lowest BCUT2D eigenvalue weighted by molar-refractivity contribution is -0.137. The number of hydrogen-bond acceptors (Lipinski definition) is 3. The number of carboxylic acid groups (broad SMARTS) is 1. The minimum atomic E-state index is -0.813. The van der Waals surface area contributed by atoms with Gasteiger partial charge in [-0.25, -0.2) is 4.68 Å². The molecule has 2 aromatic rings. The van der Waals surface area contributed by atoms with Gasteiger partial charge < -0.3 is 10.4 Å². The SMILES string of the molecule is Cc1ccc(C)c(-n2ncc(C(=O)NCCCCC(=O)O)c2C)c1. The van der Waals surface area contributed by atoms with E-state index in [0.29, 0.717) is 24.9 Å². The molecule has 0 saturated carbocycles. The lowest BCUT2D eigenvalue weighted by Crippen LogP contribution is -2.25. The average Bonchev–Trinajstić information content (AvgIpc) is 2.90. The Hall–Kier alpha value is -2.63. The predicted molar refractivity (Wildman–Crippen MR) is 91.6 cm³/mol. The number of carbonyl (C=O) groups excluding carboxylic acids is 1. The summed E-state index contributed by atoms with van der Waals surface area (Å²) in [5.41, 5.74) is 4.51. The van der Waals surface area contributed by atoms with E-state index in [1.807, 2.05) is 39.0 Å². The second-order valence-corrected chi connectivity index (χ2v) is 5.95. The van der Waals surface area contributed by atoms with E-state index >= 15 is 0 Å². The molecule has 1 aromatic heterocycles. The van der Waals surface area contributed by atoms with Gasteiger partial charge in [-0.3, -0.25) is 9.59 Å². The number of rotatable bonds is 7. The quantitative estimate of drug-likeness (QED) is 0.765. The van der Waals surface area contributed by atoms with E-state index in [9.17, 15) is 9.59 Å². The second kappa shape index (κ2) is 7.77. The molecule has 1 aromatic carbocycles. The molecule has 0 fully saturated rings. The monoisotopic (exact) mass is 329 g/mol. The number of nitrogens with one attached hydrogen (secondary N) is 1. The van der Waals surface area contributed by atoms with Gasteiger partial charge in [0.05, 0.1) is 23.1 Å². The first kappa shape index (κ1) is 17.7. The van der Waals surface area contributed by atoms with Crippen LogP contribution in [-0.4, -0.2) is 33.3 Å². The van der Waals surface area contributed by atoms with Crippen LogP contribution in [-0.2, 0) is 4.79 Å². The number of unbranched alkanes of at least 4 members (excludes halogenated alkanes) is 1. The van der Waals surface area contributed by atoms with E-state index in [0.717, 1.165) is 22.5 Å². The van der Waals surface area contributed by atoms with Gasteiger partial charge in [0, 0.05) is 13.0 Å². The van der Waals surface area contributed by atoms with Crippen LogP contribution in [0.5, 0.6) is 0 Å². The number of aryl methyl sites for hydroxylation is 2. The Morgan fingerprint density at radius 2 is 1.96 bits per heavy atom. The molecule has 0 radical (unpaired) electrons. The molecule has 1 amide bonds. The van der Waals surface area contributed by atoms with E-state index in [1.165, 1.54) is 0 Å². The Balaban J connectivity index is 2.05. The highest BCUT2D eigenvalue weighted by Crippen LogP contribution is 2.19. The Bertz CT molecular complexity index is 750. The first-order valence-corrected chi connectivity index (χ1v) is 8.02. The number of aliphatic carboxylic acids is 1. The van der Waals surface area contributed by atoms with Crippen molar-refractivity contribution in [3.8, 4) is 5.69 Å². The first-order valence-electron chi connectivity index (χ1n) is 8.02. The smallest absolute Gasteiger partial charge is 0.303 e. The van der Waals surface area contributed by atoms with Crippen LogP contribution < -0.4 is 5.32 Å². The molecule has 0 aliphatic carbocycles. The van der Waals surface area contributed by atoms with Crippen LogP contribution in [0.3, 0.4) is 0 Å². The normalized spacial score (nSPS) is 10.6. The summed E-state index contributed by atoms with van der Waals surface area (Å²) in [4.78, 5) is 22.7. The molecular formula is C18H23N3O3. The zero-order valence-electron chi connectivity index (χ0n) is 14.3. The van der Waals surface area contributed by atoms with Crippen LogP contribution in [0.1, 0.15) is 46.4 Å². The largest absolute Gasteiger partial charge is 0.481 e. The van der Waals surface area contributed by atoms with Crippen LogP contribution in [0.25, 0.3) is 5.69 Å². The van der Waals surface area contributed by atoms with Gasteiger partial charge in [0.1, 0.15) is 0 Å². The van der Waals surface area contributed by atoms with E-state index < -0.39 is 5.97 Å². The summed E-state index contributed by atoms with van der Waals surface area (Å²) < 4.78 is 1.78. The number of hydrogen-bond donors (Lipinski definition) is 2. The van der Waals surface area contributed by atoms with Gasteiger partial charge in [-0.05, 0) is 50.8 Å². The third-order valence-corrected chi connectivity index (χ3v) is 3.95. The van der Waals surface area contributed by atoms with Gasteiger partial charge in [0.25, 0.3) is 5.91 Å². The molecule has 0 aliphatic heterocycles. The van der Waals surface area contributed by atoms with Crippen LogP contribution in [0.2, 0.25) is 0 Å². The molecule has 128 valence electrons. The number of carboxylic acids is 1. The molecule has 6 nitrogen and oxygen atoms in total. The van der Waals surface area contributed by atoms with Crippen molar-refractivity contribution in [2.45, 2.75) is 40.0 Å². The van der Waals surface area contributed by atoms with Crippen molar-refractivity contribution in [3.63, 3.8) is 0 Å². The molecule has 0 aliphatic rings. The van der Waals surface area contributed by atoms with Crippen LogP contribution in [0.15, 0.2) is 24.4 Å². The maximum absolute atomic E-state index is 12.3. The second-order valence-electron chi connectivity index (χ2n) is 5.95. The van der Waals surface area contributed by atoms with E-state index in [4.69, 9.17) is 5.11 Å². The molecule has 0 atom stereocenters. The number of benzene rings is 1. The number of amides is 1. The summed E-state index contributed by atoms with van der Waals surface area (Å²) in [6.07, 6.45) is 2.89. The highest BCUT2D eigenvalue weighted by molar-refractivity contribution is 5.95. The lowest BCUT2D eigenvalue weighted by Gasteiger charge is -2.10. The number of nitrogens with zero attached hydrogens (tertiary/aromatic N) is 2. The molecule has 0 bridgehead atoms. The maximum Gasteiger partial charge on any atom is 0.303 e. The molecule has 0 unspecified atom stereocenters. The van der Waals surface area contributed by atoms with Crippen LogP contribution in [0, 0.1) is 20.8 Å². The van der Waals surface area contributed by atoms with Gasteiger partial charge in [-0.15, -0.1) is 0 Å². The van der Waals surface area contributed by atoms with Crippen molar-refractivity contribution < 1.29 is 14.7 Å². The Morgan fingerprint density at radius 1 is 1.21 bits per heavy atom. The van der Waals surface area contributed by atoms with Gasteiger partial charge in [-0.2, -0.15) is 5.10 Å². The fourth-order valence-electron chi connectivity index (χ4n) is 2.52. The van der Waals surface area contributed by atoms with Crippen molar-refractivity contribution >= 4 is 11.9 Å². The molecule has 0 spiro atoms. The molecule has 24 heavy (non-hydrogen) atoms. The zero-order chi connectivity index (χ0) is 17.7. The Kier molecular flexibility index (Phi) is 5.73. The van der Waals surface area contributed by atoms with Crippen molar-refractivity contribution in [2.75, 3.05) is 6.54 Å². The number of aromatic nitrogens is 2. The third kappa shape index (κ3) is 4.22. The van der Waals surface area contributed by atoms with E-state index in [-0.39, 0.29) is 12.3 Å². The van der Waals surface area contributed by atoms with Gasteiger partial charge >= 0.3 is 5.97 Å². The van der Waals surface area contributed by atoms with E-state index in [2.05, 4.69) is 10.4 Å². The highest BCUT2D eigenvalue weighted by atomic mass is 16.4. The summed E-state index contributed by atoms with van der Waals surface area (Å²) in [7, 11) is 0. The first-order chi connectivity index (χ1) is 11.4. The molecular weight excluding hydrogens is 306 g/mol. The standard InChI is InChI=1S/C18H23N3O3/c1-12-7-8-13(2)16(10-12)21-14(3)15(11-20-21)18(24)19-9-5-4-6-17(22)23/h7-8,10-11H,4-6,9H2,1-3H3,(H,19,24)(H,22,23). The topological polar surface area (TPSA) is 84.2 Å². The minimum absolute atomic E-state index is 0.124. The summed E-state index contributed by atoms with van der Waals surface area (Å²) >= 11 is 0. The van der Waals surface area contributed by atoms with Gasteiger partial charge in [-0.1, -0.05) is 12.1 Å². The molecule has 1 heterocycles. The summed E-state index contributed by atoms with van der Waals surface area (Å²) in [6, 6.07) is 6.12. The lowest BCUT2D eigenvalue weighted by atomic mass is 10.1. The van der Waals surface area contributed by atoms with Crippen LogP contribution >= 0.6 is 0 Å². The fraction of sp³-hybridized carbons (Fsp3) is 0.389.